The molecule has 252 valence electrons. The van der Waals surface area contributed by atoms with Gasteiger partial charge >= 0.3 is 34.8 Å². The van der Waals surface area contributed by atoms with Crippen LogP contribution in [0.3, 0.4) is 0 Å². The molecular weight excluding hydrogens is 680 g/mol. The molecule has 9 N–H and O–H groups in total. The molecule has 0 aliphatic carbocycles. The van der Waals surface area contributed by atoms with Crippen LogP contribution >= 0.6 is 23.5 Å². The lowest BCUT2D eigenvalue weighted by Gasteiger charge is -2.24. The number of aromatic nitrogens is 4. The van der Waals surface area contributed by atoms with Crippen LogP contribution < -0.4 is 22.7 Å². The Hall–Kier alpha value is -2.43. The number of aliphatic hydroxyl groups is 1. The highest BCUT2D eigenvalue weighted by atomic mass is 32.2. The third-order valence-electron chi connectivity index (χ3n) is 6.41. The smallest absolute Gasteiger partial charge is 0.386 e. The molecule has 2 aromatic heterocycles. The number of nitrogens with zero attached hydrogens (tertiary/aromatic N) is 3. The fourth-order valence-corrected chi connectivity index (χ4v) is 6.34. The predicted molar refractivity (Wildman–Crippen MR) is 143 cm³/mol. The number of aromatic amines is 1. The fraction of sp³-hybridized carbons (Fsp3) is 0.579. The van der Waals surface area contributed by atoms with E-state index in [0.717, 1.165) is 23.0 Å². The molecule has 8 atom stereocenters. The average Bonchev–Trinajstić information content (AvgIpc) is 3.42. The summed E-state index contributed by atoms with van der Waals surface area (Å²) in [6.45, 7) is -0.564. The van der Waals surface area contributed by atoms with Crippen molar-refractivity contribution in [3.8, 4) is 0 Å². The Balaban J connectivity index is 1.52. The van der Waals surface area contributed by atoms with Crippen LogP contribution in [-0.2, 0) is 41.3 Å². The normalized spacial score (nSPS) is 28.7. The van der Waals surface area contributed by atoms with Gasteiger partial charge in [-0.15, -0.1) is 0 Å². The van der Waals surface area contributed by atoms with Crippen molar-refractivity contribution in [3.05, 3.63) is 55.3 Å². The van der Waals surface area contributed by atoms with E-state index < -0.39 is 103 Å². The fourth-order valence-electron chi connectivity index (χ4n) is 4.46. The van der Waals surface area contributed by atoms with E-state index in [1.807, 2.05) is 4.98 Å². The summed E-state index contributed by atoms with van der Waals surface area (Å²) in [5.41, 5.74) is 2.86. The number of hydrogen-bond donors (Lipinski definition) is 8. The number of ether oxygens (including phenoxy) is 2. The number of phosphoric acid groups is 3. The number of H-pyrrole nitrogens is 1. The first-order chi connectivity index (χ1) is 20.7. The molecule has 45 heavy (non-hydrogen) atoms. The van der Waals surface area contributed by atoms with Gasteiger partial charge < -0.3 is 44.8 Å². The van der Waals surface area contributed by atoms with Gasteiger partial charge in [0.15, 0.2) is 6.23 Å². The summed E-state index contributed by atoms with van der Waals surface area (Å²) >= 11 is 0. The summed E-state index contributed by atoms with van der Waals surface area (Å²) in [6, 6.07) is 1.15. The lowest BCUT2D eigenvalue weighted by Crippen LogP contribution is -2.37. The van der Waals surface area contributed by atoms with E-state index in [-0.39, 0.29) is 11.4 Å². The Morgan fingerprint density at radius 3 is 2.29 bits per heavy atom. The highest BCUT2D eigenvalue weighted by Crippen LogP contribution is 2.50. The molecule has 4 rings (SSSR count). The van der Waals surface area contributed by atoms with Crippen molar-refractivity contribution in [2.45, 2.75) is 56.3 Å². The van der Waals surface area contributed by atoms with Gasteiger partial charge in [-0.2, -0.15) is 4.98 Å². The number of hydrogen-bond acceptors (Lipinski definition) is 15. The van der Waals surface area contributed by atoms with E-state index in [1.54, 1.807) is 0 Å². The summed E-state index contributed by atoms with van der Waals surface area (Å²) < 4.78 is 67.5. The maximum atomic E-state index is 13.0. The molecule has 23 nitrogen and oxygen atoms in total. The van der Waals surface area contributed by atoms with Gasteiger partial charge in [-0.25, -0.2) is 23.3 Å². The lowest BCUT2D eigenvalue weighted by atomic mass is 10.1. The van der Waals surface area contributed by atoms with Crippen molar-refractivity contribution in [2.75, 3.05) is 18.9 Å². The maximum Gasteiger partial charge on any atom is 0.472 e. The second-order valence-electron chi connectivity index (χ2n) is 9.70. The summed E-state index contributed by atoms with van der Waals surface area (Å²) in [5.74, 6) is -0.187. The first kappa shape index (κ1) is 35.4. The zero-order chi connectivity index (χ0) is 33.5. The molecule has 26 heteroatoms. The highest BCUT2D eigenvalue weighted by molar-refractivity contribution is 7.47. The molecule has 2 fully saturated rings. The van der Waals surface area contributed by atoms with E-state index in [4.69, 9.17) is 34.0 Å². The van der Waals surface area contributed by atoms with Crippen molar-refractivity contribution < 1.29 is 70.8 Å². The maximum absolute atomic E-state index is 13.0. The van der Waals surface area contributed by atoms with Crippen LogP contribution in [0.1, 0.15) is 24.4 Å². The van der Waals surface area contributed by atoms with Gasteiger partial charge in [0.1, 0.15) is 42.6 Å². The Labute approximate surface area is 250 Å². The molecule has 2 aliphatic rings. The standard InChI is InChI=1S/C19H28N5O18P3/c1-8-5-24(19(28)22-16(8)26)13-4-9(10(39-13)6-37-43(29,30)31)41-45(35,36)38-7-11-15(42-44(32,33)34)14(25)17(40-11)23-3-2-12(20)21-18(23)27/h2-3,5,9-11,13-15,17,25H,4,6-7H2,1H3,(H,35,36)(H2,20,21,27)(H,22,26,28)(H2,29,30,31)(H2,32,33,34)/t9-,10+,11+,13+,14+,15+,17+/m0/s1/i43+1. The minimum absolute atomic E-state index is 0.0860. The van der Waals surface area contributed by atoms with E-state index in [2.05, 4.69) is 14.0 Å². The van der Waals surface area contributed by atoms with Crippen LogP contribution in [0, 0.1) is 6.92 Å². The second-order valence-corrected chi connectivity index (χ2v) is 13.5. The monoisotopic (exact) mass is 708 g/mol. The Kier molecular flexibility index (Phi) is 10.5. The molecule has 0 aromatic carbocycles. The zero-order valence-corrected chi connectivity index (χ0v) is 25.4. The van der Waals surface area contributed by atoms with Gasteiger partial charge in [-0.3, -0.25) is 37.0 Å². The number of anilines is 1. The SMILES string of the molecule is Cc1cn([C@H]2C[C@H](OP(=O)(O)OC[C@H]3O[C@@H](n4ccc(N)nc4=O)[C@H](O)[C@@H]3OP(=O)(O)O)[C@@H](CO[32P](=O)(O)O)O2)c(=O)[nH]c1=O. The van der Waals surface area contributed by atoms with Crippen LogP contribution in [0.2, 0.25) is 0 Å². The minimum atomic E-state index is -5.32. The average molecular weight is 708 g/mol. The summed E-state index contributed by atoms with van der Waals surface area (Å²) in [4.78, 5) is 89.1. The van der Waals surface area contributed by atoms with Crippen LogP contribution in [0.15, 0.2) is 32.8 Å². The summed E-state index contributed by atoms with van der Waals surface area (Å²) in [5, 5.41) is 10.7. The minimum Gasteiger partial charge on any atom is -0.386 e. The third kappa shape index (κ3) is 9.10. The van der Waals surface area contributed by atoms with E-state index >= 15 is 0 Å². The van der Waals surface area contributed by atoms with Crippen LogP contribution in [0.5, 0.6) is 0 Å². The quantitative estimate of drug-likeness (QED) is 0.104. The summed E-state index contributed by atoms with van der Waals surface area (Å²) in [6.07, 6.45) is -9.82. The number of aryl methyl sites for hydroxylation is 1. The molecule has 2 aromatic rings. The molecule has 0 amide bonds. The Bertz CT molecular complexity index is 1720. The molecule has 0 saturated carbocycles. The molecular formula is C19H28N5O18P3. The Morgan fingerprint density at radius 2 is 1.67 bits per heavy atom. The van der Waals surface area contributed by atoms with Crippen molar-refractivity contribution in [3.63, 3.8) is 0 Å². The van der Waals surface area contributed by atoms with Gasteiger partial charge in [-0.05, 0) is 13.0 Å². The molecule has 0 radical (unpaired) electrons. The van der Waals surface area contributed by atoms with Crippen molar-refractivity contribution in [1.29, 1.82) is 0 Å². The van der Waals surface area contributed by atoms with Gasteiger partial charge in [0, 0.05) is 24.4 Å². The van der Waals surface area contributed by atoms with Gasteiger partial charge in [-0.1, -0.05) is 0 Å². The number of nitrogens with two attached hydrogens (primary N) is 1. The zero-order valence-electron chi connectivity index (χ0n) is 22.7. The molecule has 2 saturated heterocycles. The number of rotatable bonds is 12. The van der Waals surface area contributed by atoms with E-state index in [1.165, 1.54) is 6.92 Å². The van der Waals surface area contributed by atoms with Crippen LogP contribution in [-0.4, -0.2) is 92.4 Å². The van der Waals surface area contributed by atoms with E-state index in [0.29, 0.717) is 4.57 Å². The number of nitrogens with one attached hydrogen (secondary N) is 1. The van der Waals surface area contributed by atoms with Gasteiger partial charge in [0.05, 0.1) is 13.2 Å². The number of phosphoric ester groups is 3. The number of aliphatic hydroxyl groups excluding tert-OH is 1. The van der Waals surface area contributed by atoms with Crippen molar-refractivity contribution in [1.82, 2.24) is 19.1 Å². The van der Waals surface area contributed by atoms with E-state index in [9.17, 15) is 47.9 Å². The molecule has 4 heterocycles. The largest absolute Gasteiger partial charge is 0.472 e. The third-order valence-corrected chi connectivity index (χ3v) is 8.42. The first-order valence-corrected chi connectivity index (χ1v) is 17.0. The second kappa shape index (κ2) is 13.4. The lowest BCUT2D eigenvalue weighted by molar-refractivity contribution is -0.0609. The van der Waals surface area contributed by atoms with Crippen molar-refractivity contribution in [2.24, 2.45) is 0 Å². The molecule has 1 unspecified atom stereocenters. The van der Waals surface area contributed by atoms with Gasteiger partial charge in [0.25, 0.3) is 5.56 Å². The van der Waals surface area contributed by atoms with Crippen LogP contribution in [0.25, 0.3) is 0 Å². The molecule has 0 spiro atoms. The topological polar surface area (TPSA) is 344 Å². The molecule has 0 bridgehead atoms. The van der Waals surface area contributed by atoms with Crippen molar-refractivity contribution >= 4 is 29.3 Å². The highest BCUT2D eigenvalue weighted by Gasteiger charge is 2.50. The molecule has 2 aliphatic heterocycles. The summed E-state index contributed by atoms with van der Waals surface area (Å²) in [7, 11) is -15.6. The Morgan fingerprint density at radius 1 is 1.00 bits per heavy atom. The van der Waals surface area contributed by atoms with Crippen LogP contribution in [0.4, 0.5) is 5.82 Å². The first-order valence-electron chi connectivity index (χ1n) is 12.5. The van der Waals surface area contributed by atoms with Gasteiger partial charge in [0.2, 0.25) is 0 Å². The number of nitrogen functional groups attached to an aromatic ring is 1. The predicted octanol–water partition coefficient (Wildman–Crippen LogP) is -2.68.